The summed E-state index contributed by atoms with van der Waals surface area (Å²) in [6, 6.07) is 0. The van der Waals surface area contributed by atoms with Crippen LogP contribution in [0.4, 0.5) is 0 Å². The van der Waals surface area contributed by atoms with Crippen molar-refractivity contribution in [1.82, 2.24) is 0 Å². The molecule has 0 radical (unpaired) electrons. The summed E-state index contributed by atoms with van der Waals surface area (Å²) in [6.07, 6.45) is -0.0725. The third-order valence-electron chi connectivity index (χ3n) is 5.61. The van der Waals surface area contributed by atoms with Crippen LogP contribution in [0, 0.1) is 5.92 Å². The van der Waals surface area contributed by atoms with Gasteiger partial charge >= 0.3 is 23.9 Å². The van der Waals surface area contributed by atoms with Crippen molar-refractivity contribution in [3.05, 3.63) is 35.5 Å². The van der Waals surface area contributed by atoms with Gasteiger partial charge in [0.15, 0.2) is 18.0 Å². The smallest absolute Gasteiger partial charge is 0.346 e. The lowest BCUT2D eigenvalue weighted by molar-refractivity contribution is -0.185. The molecule has 1 saturated heterocycles. The van der Waals surface area contributed by atoms with Crippen molar-refractivity contribution in [2.24, 2.45) is 5.92 Å². The number of aliphatic hydroxyl groups is 1. The summed E-state index contributed by atoms with van der Waals surface area (Å²) in [5, 5.41) is 10.3. The average molecular weight is 464 g/mol. The molecule has 5 unspecified atom stereocenters. The van der Waals surface area contributed by atoms with Crippen LogP contribution in [-0.2, 0) is 42.9 Å². The van der Waals surface area contributed by atoms with Gasteiger partial charge in [0.1, 0.15) is 6.10 Å². The van der Waals surface area contributed by atoms with E-state index in [-0.39, 0.29) is 11.1 Å². The normalized spacial score (nSPS) is 30.2. The summed E-state index contributed by atoms with van der Waals surface area (Å²) in [6.45, 7) is 8.55. The van der Waals surface area contributed by atoms with Crippen LogP contribution < -0.4 is 0 Å². The molecule has 1 heterocycles. The van der Waals surface area contributed by atoms with E-state index in [0.29, 0.717) is 12.8 Å². The number of ether oxygens (including phenoxy) is 4. The number of rotatable bonds is 5. The Bertz CT molecular complexity index is 939. The van der Waals surface area contributed by atoms with Crippen molar-refractivity contribution in [1.29, 1.82) is 0 Å². The van der Waals surface area contributed by atoms with Gasteiger partial charge in [0, 0.05) is 12.5 Å². The largest absolute Gasteiger partial charge is 0.466 e. The van der Waals surface area contributed by atoms with Crippen LogP contribution in [0.5, 0.6) is 0 Å². The molecule has 0 amide bonds. The van der Waals surface area contributed by atoms with Crippen LogP contribution in [0.25, 0.3) is 0 Å². The number of carbonyl (C=O) groups excluding carboxylic acids is 5. The fraction of sp³-hybridized carbons (Fsp3) is 0.522. The Morgan fingerprint density at radius 1 is 1.21 bits per heavy atom. The zero-order valence-corrected chi connectivity index (χ0v) is 19.2. The maximum absolute atomic E-state index is 12.8. The van der Waals surface area contributed by atoms with E-state index in [1.165, 1.54) is 6.08 Å². The number of fused-ring (bicyclic) bond motifs is 1. The Kier molecular flexibility index (Phi) is 7.97. The first-order valence-corrected chi connectivity index (χ1v) is 10.3. The van der Waals surface area contributed by atoms with E-state index >= 15 is 0 Å². The summed E-state index contributed by atoms with van der Waals surface area (Å²) < 4.78 is 21.1. The second-order valence-electron chi connectivity index (χ2n) is 8.15. The van der Waals surface area contributed by atoms with Crippen molar-refractivity contribution in [3.8, 4) is 0 Å². The molecule has 1 fully saturated rings. The van der Waals surface area contributed by atoms with Crippen LogP contribution >= 0.6 is 0 Å². The van der Waals surface area contributed by atoms with E-state index in [4.69, 9.17) is 18.9 Å². The van der Waals surface area contributed by atoms with Gasteiger partial charge in [0.2, 0.25) is 5.60 Å². The van der Waals surface area contributed by atoms with Gasteiger partial charge in [-0.05, 0) is 39.7 Å². The minimum Gasteiger partial charge on any atom is -0.466 e. The topological polar surface area (TPSA) is 143 Å². The van der Waals surface area contributed by atoms with Crippen LogP contribution in [0.15, 0.2) is 35.5 Å². The molecule has 0 bridgehead atoms. The van der Waals surface area contributed by atoms with Crippen LogP contribution in [0.3, 0.4) is 0 Å². The van der Waals surface area contributed by atoms with E-state index in [9.17, 15) is 29.1 Å². The monoisotopic (exact) mass is 464 g/mol. The molecule has 2 rings (SSSR count). The van der Waals surface area contributed by atoms with Crippen molar-refractivity contribution in [2.45, 2.75) is 64.4 Å². The number of hydrogen-bond donors (Lipinski definition) is 1. The fourth-order valence-corrected chi connectivity index (χ4v) is 3.57. The molecule has 0 saturated carbocycles. The Morgan fingerprint density at radius 3 is 2.39 bits per heavy atom. The average Bonchev–Trinajstić information content (AvgIpc) is 2.99. The van der Waals surface area contributed by atoms with Crippen LogP contribution in [0.1, 0.15) is 40.5 Å². The SMILES string of the molecule is C=C1C(=O)OC2/C=C(/C)CC/C=C(/C(=O)OC)C(OC(C)=O)C(OC(=O)C(C)(O)C(C)=O)C12. The third kappa shape index (κ3) is 5.57. The van der Waals surface area contributed by atoms with Gasteiger partial charge in [-0.15, -0.1) is 0 Å². The second-order valence-corrected chi connectivity index (χ2v) is 8.15. The number of esters is 4. The van der Waals surface area contributed by atoms with E-state index in [1.54, 1.807) is 13.0 Å². The molecule has 1 N–H and O–H groups in total. The first-order chi connectivity index (χ1) is 15.3. The first-order valence-electron chi connectivity index (χ1n) is 10.3. The lowest BCUT2D eigenvalue weighted by Gasteiger charge is -2.34. The molecule has 2 aliphatic rings. The molecule has 0 aromatic heterocycles. The highest BCUT2D eigenvalue weighted by atomic mass is 16.6. The Hall–Kier alpha value is -3.27. The Labute approximate surface area is 191 Å². The van der Waals surface area contributed by atoms with Crippen molar-refractivity contribution in [3.63, 3.8) is 0 Å². The minimum atomic E-state index is -2.53. The molecule has 1 aliphatic carbocycles. The number of hydrogen-bond acceptors (Lipinski definition) is 10. The number of carbonyl (C=O) groups is 5. The molecule has 1 aliphatic heterocycles. The third-order valence-corrected chi connectivity index (χ3v) is 5.61. The summed E-state index contributed by atoms with van der Waals surface area (Å²) in [4.78, 5) is 61.6. The Balaban J connectivity index is 2.73. The zero-order valence-electron chi connectivity index (χ0n) is 19.2. The predicted molar refractivity (Wildman–Crippen MR) is 112 cm³/mol. The maximum Gasteiger partial charge on any atom is 0.346 e. The maximum atomic E-state index is 12.8. The van der Waals surface area contributed by atoms with Gasteiger partial charge in [0.05, 0.1) is 18.6 Å². The summed E-state index contributed by atoms with van der Waals surface area (Å²) in [5.74, 6) is -5.77. The molecule has 0 aromatic carbocycles. The van der Waals surface area contributed by atoms with E-state index < -0.39 is 59.5 Å². The summed E-state index contributed by atoms with van der Waals surface area (Å²) in [5.41, 5.74) is -1.93. The van der Waals surface area contributed by atoms with Gasteiger partial charge in [-0.25, -0.2) is 14.4 Å². The molecule has 10 heteroatoms. The molecule has 33 heavy (non-hydrogen) atoms. The highest BCUT2D eigenvalue weighted by Crippen LogP contribution is 2.38. The van der Waals surface area contributed by atoms with Crippen molar-refractivity contribution < 1.29 is 48.0 Å². The number of methoxy groups -OCH3 is 1. The number of Topliss-reactive ketones (excluding diaryl/α,β-unsaturated/α-hetero) is 1. The second kappa shape index (κ2) is 10.1. The van der Waals surface area contributed by atoms with Gasteiger partial charge in [0.25, 0.3) is 0 Å². The molecular weight excluding hydrogens is 436 g/mol. The van der Waals surface area contributed by atoms with E-state index in [2.05, 4.69) is 6.58 Å². The summed E-state index contributed by atoms with van der Waals surface area (Å²) in [7, 11) is 1.13. The van der Waals surface area contributed by atoms with Crippen LogP contribution in [-0.4, -0.2) is 65.8 Å². The standard InChI is InChI=1S/C23H28O10/c1-11-8-7-9-15(21(27)30-6)18(31-14(4)25)19(33-22(28)23(5,29)13(3)24)17-12(2)20(26)32-16(17)10-11/h9-10,16-19,29H,2,7-8H2,1,3-6H3/b11-10-,15-9+. The lowest BCUT2D eigenvalue weighted by Crippen LogP contribution is -2.51. The van der Waals surface area contributed by atoms with E-state index in [1.807, 2.05) is 0 Å². The van der Waals surface area contributed by atoms with Gasteiger partial charge in [-0.2, -0.15) is 0 Å². The number of allylic oxidation sites excluding steroid dienone is 2. The quantitative estimate of drug-likeness (QED) is 0.207. The minimum absolute atomic E-state index is 0.0914. The van der Waals surface area contributed by atoms with Crippen molar-refractivity contribution >= 4 is 29.7 Å². The Morgan fingerprint density at radius 2 is 1.85 bits per heavy atom. The fourth-order valence-electron chi connectivity index (χ4n) is 3.57. The van der Waals surface area contributed by atoms with E-state index in [0.717, 1.165) is 33.5 Å². The molecule has 5 atom stereocenters. The molecule has 0 spiro atoms. The first kappa shape index (κ1) is 26.0. The molecule has 0 aromatic rings. The molecular formula is C23H28O10. The molecule has 10 nitrogen and oxygen atoms in total. The number of ketones is 1. The van der Waals surface area contributed by atoms with Crippen LogP contribution in [0.2, 0.25) is 0 Å². The van der Waals surface area contributed by atoms with Gasteiger partial charge < -0.3 is 24.1 Å². The lowest BCUT2D eigenvalue weighted by atomic mass is 9.83. The summed E-state index contributed by atoms with van der Waals surface area (Å²) >= 11 is 0. The predicted octanol–water partition coefficient (Wildman–Crippen LogP) is 1.11. The van der Waals surface area contributed by atoms with Gasteiger partial charge in [-0.1, -0.05) is 18.2 Å². The van der Waals surface area contributed by atoms with Gasteiger partial charge in [-0.3, -0.25) is 9.59 Å². The highest BCUT2D eigenvalue weighted by molar-refractivity contribution is 6.05. The zero-order chi connectivity index (χ0) is 25.1. The molecule has 180 valence electrons. The van der Waals surface area contributed by atoms with Crippen molar-refractivity contribution in [2.75, 3.05) is 7.11 Å². The highest BCUT2D eigenvalue weighted by Gasteiger charge is 2.52.